The van der Waals surface area contributed by atoms with E-state index in [4.69, 9.17) is 0 Å². The summed E-state index contributed by atoms with van der Waals surface area (Å²) in [7, 11) is 4.15. The maximum Gasteiger partial charge on any atom is 2.00 e. The number of rotatable bonds is 5. The summed E-state index contributed by atoms with van der Waals surface area (Å²) in [6, 6.07) is 23.1. The van der Waals surface area contributed by atoms with E-state index < -0.39 is 0 Å². The first-order valence-corrected chi connectivity index (χ1v) is 13.1. The first kappa shape index (κ1) is 31.3. The van der Waals surface area contributed by atoms with Crippen molar-refractivity contribution in [2.24, 2.45) is 11.8 Å². The van der Waals surface area contributed by atoms with E-state index in [1.165, 1.54) is 55.6 Å². The van der Waals surface area contributed by atoms with Crippen LogP contribution in [-0.2, 0) is 17.1 Å². The molecule has 2 fully saturated rings. The van der Waals surface area contributed by atoms with Gasteiger partial charge in [-0.05, 0) is 69.9 Å². The van der Waals surface area contributed by atoms with Crippen molar-refractivity contribution in [1.82, 2.24) is 4.90 Å². The van der Waals surface area contributed by atoms with Crippen molar-refractivity contribution in [3.8, 4) is 0 Å². The van der Waals surface area contributed by atoms with Crippen molar-refractivity contribution in [3.05, 3.63) is 75.5 Å². The maximum atomic E-state index is 2.48. The van der Waals surface area contributed by atoms with Crippen LogP contribution in [-0.4, -0.2) is 30.7 Å². The first-order valence-electron chi connectivity index (χ1n) is 11.7. The molecular formula is C29H46FeNP. The molecule has 0 saturated heterocycles. The van der Waals surface area contributed by atoms with E-state index in [1.54, 1.807) is 0 Å². The van der Waals surface area contributed by atoms with Crippen LogP contribution in [0.2, 0.25) is 0 Å². The molecular weight excluding hydrogens is 449 g/mol. The molecule has 0 heterocycles. The van der Waals surface area contributed by atoms with E-state index in [9.17, 15) is 0 Å². The summed E-state index contributed by atoms with van der Waals surface area (Å²) in [6.45, 7) is 4.90. The number of hydrogen-bond donors (Lipinski definition) is 0. The Balaban J connectivity index is 0.00000106. The zero-order valence-corrected chi connectivity index (χ0v) is 23.3. The fourth-order valence-electron chi connectivity index (χ4n) is 5.13. The van der Waals surface area contributed by atoms with E-state index in [-0.39, 0.29) is 39.8 Å². The second-order valence-corrected chi connectivity index (χ2v) is 11.6. The van der Waals surface area contributed by atoms with Gasteiger partial charge in [0, 0.05) is 6.04 Å². The van der Waals surface area contributed by atoms with Gasteiger partial charge in [-0.3, -0.25) is 0 Å². The predicted molar refractivity (Wildman–Crippen MR) is 144 cm³/mol. The van der Waals surface area contributed by atoms with Crippen LogP contribution in [0.1, 0.15) is 58.8 Å². The molecule has 2 aliphatic rings. The maximum absolute atomic E-state index is 2.48. The van der Waals surface area contributed by atoms with Crippen LogP contribution in [0, 0.1) is 26.7 Å². The summed E-state index contributed by atoms with van der Waals surface area (Å²) < 4.78 is 0. The Bertz CT molecular complexity index is 655. The topological polar surface area (TPSA) is 3.24 Å². The van der Waals surface area contributed by atoms with E-state index in [2.05, 4.69) is 93.5 Å². The average molecular weight is 496 g/mol. The Kier molecular flexibility index (Phi) is 15.7. The van der Waals surface area contributed by atoms with Crippen molar-refractivity contribution in [2.75, 3.05) is 14.1 Å². The predicted octanol–water partition coefficient (Wildman–Crippen LogP) is 7.33. The Morgan fingerprint density at radius 1 is 0.750 bits per heavy atom. The molecule has 0 bridgehead atoms. The van der Waals surface area contributed by atoms with Gasteiger partial charge in [-0.1, -0.05) is 99.7 Å². The summed E-state index contributed by atoms with van der Waals surface area (Å²) in [4.78, 5) is 2.42. The second-order valence-electron chi connectivity index (χ2n) is 9.22. The average Bonchev–Trinajstić information content (AvgIpc) is 3.44. The van der Waals surface area contributed by atoms with Gasteiger partial charge in [-0.15, -0.1) is 0 Å². The van der Waals surface area contributed by atoms with Gasteiger partial charge >= 0.3 is 17.1 Å². The molecule has 0 aliphatic heterocycles. The smallest absolute Gasteiger partial charge is 0.358 e. The van der Waals surface area contributed by atoms with Gasteiger partial charge in [0.1, 0.15) is 0 Å². The van der Waals surface area contributed by atoms with Crippen molar-refractivity contribution in [2.45, 2.75) is 70.5 Å². The largest absolute Gasteiger partial charge is 2.00 e. The van der Waals surface area contributed by atoms with Crippen LogP contribution in [0.15, 0.2) is 60.7 Å². The minimum absolute atomic E-state index is 0. The summed E-state index contributed by atoms with van der Waals surface area (Å²) in [5.74, 6) is 1.57. The van der Waals surface area contributed by atoms with Gasteiger partial charge in [0.25, 0.3) is 0 Å². The summed E-state index contributed by atoms with van der Waals surface area (Å²) in [5, 5.41) is 3.07. The normalized spacial score (nSPS) is 22.8. The number of nitrogens with zero attached hydrogens (tertiary/aromatic N) is 1. The molecule has 2 aromatic rings. The van der Waals surface area contributed by atoms with E-state index >= 15 is 0 Å². The molecule has 0 spiro atoms. The fraction of sp³-hybridized carbons (Fsp3) is 0.517. The fourth-order valence-corrected chi connectivity index (χ4v) is 8.54. The molecule has 4 rings (SSSR count). The van der Waals surface area contributed by atoms with Crippen LogP contribution in [0.4, 0.5) is 0 Å². The molecule has 32 heavy (non-hydrogen) atoms. The number of benzene rings is 2. The monoisotopic (exact) mass is 495 g/mol. The minimum atomic E-state index is -0.315. The zero-order valence-electron chi connectivity index (χ0n) is 21.3. The van der Waals surface area contributed by atoms with Gasteiger partial charge in [-0.25, -0.2) is 0 Å². The van der Waals surface area contributed by atoms with Gasteiger partial charge in [0.15, 0.2) is 0 Å². The van der Waals surface area contributed by atoms with E-state index in [0.29, 0.717) is 6.04 Å². The summed E-state index contributed by atoms with van der Waals surface area (Å²) >= 11 is 0. The molecule has 2 saturated carbocycles. The van der Waals surface area contributed by atoms with Crippen molar-refractivity contribution in [3.63, 3.8) is 0 Å². The van der Waals surface area contributed by atoms with Crippen LogP contribution < -0.4 is 10.6 Å². The molecule has 2 aliphatic carbocycles. The molecule has 0 radical (unpaired) electrons. The molecule has 2 aromatic carbocycles. The van der Waals surface area contributed by atoms with Gasteiger partial charge < -0.3 is 19.8 Å². The van der Waals surface area contributed by atoms with E-state index in [1.807, 2.05) is 0 Å². The third-order valence-electron chi connectivity index (χ3n) is 7.03. The Morgan fingerprint density at radius 2 is 1.16 bits per heavy atom. The molecule has 4 atom stereocenters. The SMILES string of the molecule is C1CCCC1.CC1CCC([C@@H](C)N(C)C)C1P(c1ccccc1)c1ccccc1.[CH3-].[CH3-].[Fe+2]. The quantitative estimate of drug-likeness (QED) is 0.238. The number of hydrogen-bond acceptors (Lipinski definition) is 1. The second kappa shape index (κ2) is 16.1. The third-order valence-corrected chi connectivity index (χ3v) is 10.2. The molecule has 0 aromatic heterocycles. The van der Waals surface area contributed by atoms with Crippen molar-refractivity contribution >= 4 is 18.5 Å². The molecule has 0 N–H and O–H groups in total. The van der Waals surface area contributed by atoms with Crippen LogP contribution in [0.25, 0.3) is 0 Å². The van der Waals surface area contributed by atoms with Crippen molar-refractivity contribution in [1.29, 1.82) is 0 Å². The van der Waals surface area contributed by atoms with Gasteiger partial charge in [0.2, 0.25) is 0 Å². The Labute approximate surface area is 212 Å². The minimum Gasteiger partial charge on any atom is -0.358 e. The standard InChI is InChI=1S/C22H30NP.C5H10.2CH3.Fe/c1-17-15-16-21(18(2)23(3)4)22(17)24(19-11-7-5-8-12-19)20-13-9-6-10-14-20;1-2-4-5-3-1;;;/h5-14,17-18,21-22H,15-16H2,1-4H3;1-5H2;2*1H3;/q;;2*-1;+2/t17?,18-,21?,22?;;;;/m1..../s1. The molecule has 3 unspecified atom stereocenters. The first-order chi connectivity index (χ1) is 14.1. The molecule has 180 valence electrons. The van der Waals surface area contributed by atoms with Crippen molar-refractivity contribution < 1.29 is 17.1 Å². The molecule has 3 heteroatoms. The Morgan fingerprint density at radius 3 is 1.53 bits per heavy atom. The van der Waals surface area contributed by atoms with E-state index in [0.717, 1.165) is 17.5 Å². The summed E-state index contributed by atoms with van der Waals surface area (Å²) in [6.07, 6.45) is 10.2. The van der Waals surface area contributed by atoms with Gasteiger partial charge in [0.05, 0.1) is 0 Å². The zero-order chi connectivity index (χ0) is 20.6. The van der Waals surface area contributed by atoms with Crippen LogP contribution in [0.5, 0.6) is 0 Å². The van der Waals surface area contributed by atoms with Crippen LogP contribution in [0.3, 0.4) is 0 Å². The summed E-state index contributed by atoms with van der Waals surface area (Å²) in [5.41, 5.74) is 0.766. The third kappa shape index (κ3) is 8.29. The molecule has 0 amide bonds. The Hall–Kier alpha value is -0.651. The molecule has 1 nitrogen and oxygen atoms in total. The van der Waals surface area contributed by atoms with Crippen LogP contribution >= 0.6 is 7.92 Å². The van der Waals surface area contributed by atoms with Gasteiger partial charge in [-0.2, -0.15) is 0 Å².